The summed E-state index contributed by atoms with van der Waals surface area (Å²) in [7, 11) is 0. The van der Waals surface area contributed by atoms with E-state index in [2.05, 4.69) is 36.4 Å². The number of thiazole rings is 1. The Morgan fingerprint density at radius 3 is 2.45 bits per heavy atom. The van der Waals surface area contributed by atoms with Gasteiger partial charge in [0.15, 0.2) is 0 Å². The molecule has 0 saturated carbocycles. The third-order valence-corrected chi connectivity index (χ3v) is 4.46. The van der Waals surface area contributed by atoms with Crippen molar-refractivity contribution in [3.63, 3.8) is 0 Å². The zero-order valence-electron chi connectivity index (χ0n) is 10.7. The van der Waals surface area contributed by atoms with Crippen LogP contribution in [0.5, 0.6) is 0 Å². The summed E-state index contributed by atoms with van der Waals surface area (Å²) in [5.74, 6) is 0. The normalized spacial score (nSPS) is 11.2. The lowest BCUT2D eigenvalue weighted by Gasteiger charge is -1.96. The highest BCUT2D eigenvalue weighted by molar-refractivity contribution is 7.21. The summed E-state index contributed by atoms with van der Waals surface area (Å²) < 4.78 is 1.21. The zero-order valence-corrected chi connectivity index (χ0v) is 11.5. The van der Waals surface area contributed by atoms with Crippen molar-refractivity contribution in [3.8, 4) is 10.6 Å². The lowest BCUT2D eigenvalue weighted by atomic mass is 10.1. The molecule has 0 aliphatic carbocycles. The molecule has 0 atom stereocenters. The van der Waals surface area contributed by atoms with Gasteiger partial charge in [0.1, 0.15) is 5.01 Å². The first-order chi connectivity index (χ1) is 9.79. The number of benzene rings is 3. The number of rotatable bonds is 1. The predicted molar refractivity (Wildman–Crippen MR) is 87.0 cm³/mol. The molecule has 0 aliphatic heterocycles. The van der Waals surface area contributed by atoms with Crippen LogP contribution < -0.4 is 5.73 Å². The van der Waals surface area contributed by atoms with Crippen molar-refractivity contribution in [2.24, 2.45) is 0 Å². The lowest BCUT2D eigenvalue weighted by Crippen LogP contribution is -1.84. The molecule has 4 aromatic rings. The molecule has 0 amide bonds. The molecule has 4 rings (SSSR count). The van der Waals surface area contributed by atoms with Gasteiger partial charge in [-0.25, -0.2) is 4.98 Å². The molecule has 3 heteroatoms. The highest BCUT2D eigenvalue weighted by Gasteiger charge is 2.07. The minimum absolute atomic E-state index is 0.770. The third kappa shape index (κ3) is 1.84. The molecule has 0 aliphatic rings. The van der Waals surface area contributed by atoms with Crippen LogP contribution in [0.4, 0.5) is 5.69 Å². The van der Waals surface area contributed by atoms with Gasteiger partial charge in [-0.05, 0) is 35.0 Å². The van der Waals surface area contributed by atoms with Crippen molar-refractivity contribution in [1.29, 1.82) is 0 Å². The van der Waals surface area contributed by atoms with Crippen LogP contribution in [0, 0.1) is 0 Å². The first-order valence-corrected chi connectivity index (χ1v) is 7.26. The summed E-state index contributed by atoms with van der Waals surface area (Å²) in [6, 6.07) is 20.6. The average Bonchev–Trinajstić information content (AvgIpc) is 2.87. The zero-order chi connectivity index (χ0) is 13.5. The first-order valence-electron chi connectivity index (χ1n) is 6.45. The largest absolute Gasteiger partial charge is 0.399 e. The van der Waals surface area contributed by atoms with E-state index in [1.54, 1.807) is 11.3 Å². The van der Waals surface area contributed by atoms with E-state index in [1.807, 2.05) is 24.3 Å². The standard InChI is InChI=1S/C17H12N2S/c18-14-7-3-6-13(8-14)17-19-15-9-11-4-1-2-5-12(11)10-16(15)20-17/h1-10H,18H2. The number of hydrogen-bond donors (Lipinski definition) is 1. The van der Waals surface area contributed by atoms with Crippen molar-refractivity contribution < 1.29 is 0 Å². The Kier molecular flexibility index (Phi) is 2.47. The van der Waals surface area contributed by atoms with Crippen LogP contribution in [0.25, 0.3) is 31.6 Å². The molecule has 3 aromatic carbocycles. The van der Waals surface area contributed by atoms with Crippen LogP contribution in [0.2, 0.25) is 0 Å². The molecule has 0 spiro atoms. The summed E-state index contributed by atoms with van der Waals surface area (Å²) in [6.45, 7) is 0. The van der Waals surface area contributed by atoms with E-state index in [0.717, 1.165) is 21.8 Å². The van der Waals surface area contributed by atoms with Gasteiger partial charge in [-0.15, -0.1) is 11.3 Å². The van der Waals surface area contributed by atoms with Crippen LogP contribution in [0.15, 0.2) is 60.7 Å². The number of nitrogens with zero attached hydrogens (tertiary/aromatic N) is 1. The lowest BCUT2D eigenvalue weighted by molar-refractivity contribution is 1.48. The van der Waals surface area contributed by atoms with Gasteiger partial charge < -0.3 is 5.73 Å². The Bertz CT molecular complexity index is 872. The molecular weight excluding hydrogens is 264 g/mol. The number of fused-ring (bicyclic) bond motifs is 2. The summed E-state index contributed by atoms with van der Waals surface area (Å²) in [6.07, 6.45) is 0. The topological polar surface area (TPSA) is 38.9 Å². The summed E-state index contributed by atoms with van der Waals surface area (Å²) in [5.41, 5.74) is 8.74. The second kappa shape index (κ2) is 4.32. The predicted octanol–water partition coefficient (Wildman–Crippen LogP) is 4.70. The summed E-state index contributed by atoms with van der Waals surface area (Å²) in [5, 5.41) is 3.50. The molecule has 2 nitrogen and oxygen atoms in total. The molecule has 0 fully saturated rings. The van der Waals surface area contributed by atoms with Gasteiger partial charge >= 0.3 is 0 Å². The number of aromatic nitrogens is 1. The SMILES string of the molecule is Nc1cccc(-c2nc3cc4ccccc4cc3s2)c1. The van der Waals surface area contributed by atoms with E-state index in [1.165, 1.54) is 15.5 Å². The maximum Gasteiger partial charge on any atom is 0.124 e. The minimum atomic E-state index is 0.770. The van der Waals surface area contributed by atoms with Crippen LogP contribution >= 0.6 is 11.3 Å². The highest BCUT2D eigenvalue weighted by Crippen LogP contribution is 2.33. The smallest absolute Gasteiger partial charge is 0.124 e. The second-order valence-corrected chi connectivity index (χ2v) is 5.84. The first kappa shape index (κ1) is 11.4. The van der Waals surface area contributed by atoms with Gasteiger partial charge in [0.2, 0.25) is 0 Å². The van der Waals surface area contributed by atoms with Gasteiger partial charge in [0.05, 0.1) is 10.2 Å². The van der Waals surface area contributed by atoms with E-state index in [4.69, 9.17) is 10.7 Å². The fourth-order valence-corrected chi connectivity index (χ4v) is 3.40. The molecule has 20 heavy (non-hydrogen) atoms. The molecule has 2 N–H and O–H groups in total. The number of anilines is 1. The summed E-state index contributed by atoms with van der Waals surface area (Å²) in [4.78, 5) is 4.74. The van der Waals surface area contributed by atoms with Gasteiger partial charge in [0.25, 0.3) is 0 Å². The van der Waals surface area contributed by atoms with Gasteiger partial charge in [-0.2, -0.15) is 0 Å². The van der Waals surface area contributed by atoms with Crippen molar-refractivity contribution in [2.75, 3.05) is 5.73 Å². The number of nitrogens with two attached hydrogens (primary N) is 1. The van der Waals surface area contributed by atoms with Gasteiger partial charge in [0, 0.05) is 11.3 Å². The van der Waals surface area contributed by atoms with Crippen LogP contribution in [0.1, 0.15) is 0 Å². The molecule has 0 bridgehead atoms. The van der Waals surface area contributed by atoms with Crippen molar-refractivity contribution in [2.45, 2.75) is 0 Å². The van der Waals surface area contributed by atoms with E-state index < -0.39 is 0 Å². The molecule has 0 unspecified atom stereocenters. The molecule has 1 heterocycles. The van der Waals surface area contributed by atoms with Crippen LogP contribution in [0.3, 0.4) is 0 Å². The average molecular weight is 276 g/mol. The van der Waals surface area contributed by atoms with E-state index in [-0.39, 0.29) is 0 Å². The van der Waals surface area contributed by atoms with E-state index >= 15 is 0 Å². The Morgan fingerprint density at radius 1 is 0.850 bits per heavy atom. The maximum atomic E-state index is 5.85. The van der Waals surface area contributed by atoms with E-state index in [9.17, 15) is 0 Å². The van der Waals surface area contributed by atoms with Crippen molar-refractivity contribution >= 4 is 38.0 Å². The maximum absolute atomic E-state index is 5.85. The summed E-state index contributed by atoms with van der Waals surface area (Å²) >= 11 is 1.71. The van der Waals surface area contributed by atoms with Gasteiger partial charge in [-0.3, -0.25) is 0 Å². The van der Waals surface area contributed by atoms with Crippen LogP contribution in [-0.4, -0.2) is 4.98 Å². The molecule has 1 aromatic heterocycles. The van der Waals surface area contributed by atoms with Gasteiger partial charge in [-0.1, -0.05) is 36.4 Å². The van der Waals surface area contributed by atoms with Crippen molar-refractivity contribution in [1.82, 2.24) is 4.98 Å². The molecular formula is C17H12N2S. The van der Waals surface area contributed by atoms with Crippen molar-refractivity contribution in [3.05, 3.63) is 60.7 Å². The Hall–Kier alpha value is -2.39. The van der Waals surface area contributed by atoms with Crippen LogP contribution in [-0.2, 0) is 0 Å². The minimum Gasteiger partial charge on any atom is -0.399 e. The molecule has 0 radical (unpaired) electrons. The Morgan fingerprint density at radius 2 is 1.65 bits per heavy atom. The van der Waals surface area contributed by atoms with E-state index in [0.29, 0.717) is 0 Å². The second-order valence-electron chi connectivity index (χ2n) is 4.81. The number of hydrogen-bond acceptors (Lipinski definition) is 3. The molecule has 96 valence electrons. The monoisotopic (exact) mass is 276 g/mol. The third-order valence-electron chi connectivity index (χ3n) is 3.39. The fourth-order valence-electron chi connectivity index (χ4n) is 2.41. The Balaban J connectivity index is 1.96. The highest BCUT2D eigenvalue weighted by atomic mass is 32.1. The fraction of sp³-hybridized carbons (Fsp3) is 0. The quantitative estimate of drug-likeness (QED) is 0.512. The molecule has 0 saturated heterocycles. The number of nitrogen functional groups attached to an aromatic ring is 1. The Labute approximate surface area is 120 Å².